The molecule has 0 saturated heterocycles. The Kier molecular flexibility index (Phi) is 4.91. The lowest BCUT2D eigenvalue weighted by atomic mass is 10.1. The van der Waals surface area contributed by atoms with E-state index < -0.39 is 5.82 Å². The SMILES string of the molecule is COc1ccccc1[C@H](C)NCc1ccc(F)c(C#N)c1. The molecule has 0 saturated carbocycles. The van der Waals surface area contributed by atoms with Crippen molar-refractivity contribution < 1.29 is 9.13 Å². The minimum absolute atomic E-state index is 0.0687. The molecule has 0 fully saturated rings. The normalized spacial score (nSPS) is 11.7. The molecule has 1 N–H and O–H groups in total. The smallest absolute Gasteiger partial charge is 0.140 e. The van der Waals surface area contributed by atoms with Crippen molar-refractivity contribution in [1.82, 2.24) is 5.32 Å². The van der Waals surface area contributed by atoms with Gasteiger partial charge in [-0.1, -0.05) is 24.3 Å². The lowest BCUT2D eigenvalue weighted by molar-refractivity contribution is 0.401. The molecule has 0 aromatic heterocycles. The molecule has 2 rings (SSSR count). The summed E-state index contributed by atoms with van der Waals surface area (Å²) in [6.07, 6.45) is 0. The van der Waals surface area contributed by atoms with Gasteiger partial charge in [-0.05, 0) is 30.7 Å². The molecule has 0 aliphatic heterocycles. The van der Waals surface area contributed by atoms with Gasteiger partial charge in [0, 0.05) is 18.2 Å². The molecular weight excluding hydrogens is 267 g/mol. The van der Waals surface area contributed by atoms with Crippen LogP contribution in [0.4, 0.5) is 4.39 Å². The van der Waals surface area contributed by atoms with Crippen LogP contribution in [0.3, 0.4) is 0 Å². The number of rotatable bonds is 5. The van der Waals surface area contributed by atoms with Crippen molar-refractivity contribution in [3.8, 4) is 11.8 Å². The number of methoxy groups -OCH3 is 1. The number of para-hydroxylation sites is 1. The molecule has 2 aromatic carbocycles. The molecule has 2 aromatic rings. The largest absolute Gasteiger partial charge is 0.496 e. The van der Waals surface area contributed by atoms with Crippen LogP contribution in [0.5, 0.6) is 5.75 Å². The summed E-state index contributed by atoms with van der Waals surface area (Å²) in [7, 11) is 1.64. The average molecular weight is 284 g/mol. The van der Waals surface area contributed by atoms with Gasteiger partial charge in [-0.3, -0.25) is 0 Å². The Bertz CT molecular complexity index is 664. The quantitative estimate of drug-likeness (QED) is 0.913. The Morgan fingerprint density at radius 2 is 2.05 bits per heavy atom. The van der Waals surface area contributed by atoms with Crippen molar-refractivity contribution in [2.24, 2.45) is 0 Å². The number of hydrogen-bond acceptors (Lipinski definition) is 3. The molecule has 0 amide bonds. The number of halogens is 1. The topological polar surface area (TPSA) is 45.0 Å². The summed E-state index contributed by atoms with van der Waals surface area (Å²) >= 11 is 0. The van der Waals surface area contributed by atoms with E-state index in [9.17, 15) is 4.39 Å². The molecule has 3 nitrogen and oxygen atoms in total. The Morgan fingerprint density at radius 3 is 2.76 bits per heavy atom. The van der Waals surface area contributed by atoms with E-state index in [0.29, 0.717) is 6.54 Å². The van der Waals surface area contributed by atoms with Crippen LogP contribution in [-0.2, 0) is 6.54 Å². The van der Waals surface area contributed by atoms with Crippen LogP contribution in [0.2, 0.25) is 0 Å². The zero-order chi connectivity index (χ0) is 15.2. The molecule has 0 bridgehead atoms. The zero-order valence-electron chi connectivity index (χ0n) is 12.1. The second-order valence-electron chi connectivity index (χ2n) is 4.77. The van der Waals surface area contributed by atoms with Crippen LogP contribution in [0.15, 0.2) is 42.5 Å². The predicted molar refractivity (Wildman–Crippen MR) is 79.4 cm³/mol. The number of nitriles is 1. The van der Waals surface area contributed by atoms with Gasteiger partial charge in [0.1, 0.15) is 17.6 Å². The van der Waals surface area contributed by atoms with Gasteiger partial charge in [0.2, 0.25) is 0 Å². The highest BCUT2D eigenvalue weighted by Gasteiger charge is 2.10. The highest BCUT2D eigenvalue weighted by atomic mass is 19.1. The average Bonchev–Trinajstić information content (AvgIpc) is 2.53. The van der Waals surface area contributed by atoms with E-state index in [1.165, 1.54) is 6.07 Å². The van der Waals surface area contributed by atoms with Crippen LogP contribution in [-0.4, -0.2) is 7.11 Å². The number of ether oxygens (including phenoxy) is 1. The second-order valence-corrected chi connectivity index (χ2v) is 4.77. The molecule has 4 heteroatoms. The highest BCUT2D eigenvalue weighted by Crippen LogP contribution is 2.24. The molecule has 0 aliphatic rings. The van der Waals surface area contributed by atoms with Crippen molar-refractivity contribution in [3.63, 3.8) is 0 Å². The van der Waals surface area contributed by atoms with Gasteiger partial charge in [0.15, 0.2) is 0 Å². The van der Waals surface area contributed by atoms with Crippen LogP contribution in [0.25, 0.3) is 0 Å². The van der Waals surface area contributed by atoms with Gasteiger partial charge >= 0.3 is 0 Å². The van der Waals surface area contributed by atoms with E-state index in [-0.39, 0.29) is 11.6 Å². The van der Waals surface area contributed by atoms with Crippen LogP contribution in [0.1, 0.15) is 29.7 Å². The van der Waals surface area contributed by atoms with Crippen LogP contribution in [0, 0.1) is 17.1 Å². The van der Waals surface area contributed by atoms with Gasteiger partial charge in [-0.25, -0.2) is 4.39 Å². The van der Waals surface area contributed by atoms with Crippen molar-refractivity contribution in [3.05, 3.63) is 65.0 Å². The summed E-state index contributed by atoms with van der Waals surface area (Å²) < 4.78 is 18.6. The van der Waals surface area contributed by atoms with Crippen molar-refractivity contribution >= 4 is 0 Å². The Hall–Kier alpha value is -2.38. The summed E-state index contributed by atoms with van der Waals surface area (Å²) in [5.74, 6) is 0.341. The Morgan fingerprint density at radius 1 is 1.29 bits per heavy atom. The maximum atomic E-state index is 13.3. The summed E-state index contributed by atoms with van der Waals surface area (Å²) in [5.41, 5.74) is 2.00. The Labute approximate surface area is 124 Å². The van der Waals surface area contributed by atoms with E-state index >= 15 is 0 Å². The molecule has 21 heavy (non-hydrogen) atoms. The molecule has 0 radical (unpaired) electrons. The first-order chi connectivity index (χ1) is 10.2. The van der Waals surface area contributed by atoms with Crippen molar-refractivity contribution in [2.75, 3.05) is 7.11 Å². The third-order valence-corrected chi connectivity index (χ3v) is 3.37. The predicted octanol–water partition coefficient (Wildman–Crippen LogP) is 3.56. The highest BCUT2D eigenvalue weighted by molar-refractivity contribution is 5.36. The van der Waals surface area contributed by atoms with Gasteiger partial charge in [0.25, 0.3) is 0 Å². The van der Waals surface area contributed by atoms with Crippen LogP contribution < -0.4 is 10.1 Å². The molecule has 1 atom stereocenters. The number of nitrogens with one attached hydrogen (secondary N) is 1. The third kappa shape index (κ3) is 3.59. The van der Waals surface area contributed by atoms with E-state index in [0.717, 1.165) is 16.9 Å². The minimum Gasteiger partial charge on any atom is -0.496 e. The molecule has 108 valence electrons. The van der Waals surface area contributed by atoms with Crippen molar-refractivity contribution in [1.29, 1.82) is 5.26 Å². The summed E-state index contributed by atoms with van der Waals surface area (Å²) in [5, 5.41) is 12.2. The molecular formula is C17H17FN2O. The van der Waals surface area contributed by atoms with Crippen molar-refractivity contribution in [2.45, 2.75) is 19.5 Å². The number of benzene rings is 2. The lowest BCUT2D eigenvalue weighted by Crippen LogP contribution is -2.18. The fraction of sp³-hybridized carbons (Fsp3) is 0.235. The fourth-order valence-corrected chi connectivity index (χ4v) is 2.17. The number of hydrogen-bond donors (Lipinski definition) is 1. The van der Waals surface area contributed by atoms with E-state index in [1.54, 1.807) is 19.2 Å². The maximum Gasteiger partial charge on any atom is 0.140 e. The van der Waals surface area contributed by atoms with E-state index in [2.05, 4.69) is 5.32 Å². The maximum absolute atomic E-state index is 13.3. The summed E-state index contributed by atoms with van der Waals surface area (Å²) in [6.45, 7) is 2.58. The van der Waals surface area contributed by atoms with Gasteiger partial charge in [-0.15, -0.1) is 0 Å². The first-order valence-electron chi connectivity index (χ1n) is 6.70. The zero-order valence-corrected chi connectivity index (χ0v) is 12.1. The third-order valence-electron chi connectivity index (χ3n) is 3.37. The minimum atomic E-state index is -0.487. The number of nitrogens with zero attached hydrogens (tertiary/aromatic N) is 1. The van der Waals surface area contributed by atoms with E-state index in [4.69, 9.17) is 10.00 Å². The van der Waals surface area contributed by atoms with Gasteiger partial charge in [0.05, 0.1) is 12.7 Å². The molecule has 0 spiro atoms. The summed E-state index contributed by atoms with van der Waals surface area (Å²) in [6, 6.07) is 14.3. The second kappa shape index (κ2) is 6.87. The Balaban J connectivity index is 2.07. The molecule has 0 aliphatic carbocycles. The van der Waals surface area contributed by atoms with Gasteiger partial charge < -0.3 is 10.1 Å². The monoisotopic (exact) mass is 284 g/mol. The molecule has 0 unspecified atom stereocenters. The molecule has 0 heterocycles. The standard InChI is InChI=1S/C17H17FN2O/c1-12(15-5-3-4-6-17(15)21-2)20-11-13-7-8-16(18)14(9-13)10-19/h3-9,12,20H,11H2,1-2H3/t12-/m0/s1. The van der Waals surface area contributed by atoms with E-state index in [1.807, 2.05) is 37.3 Å². The lowest BCUT2D eigenvalue weighted by Gasteiger charge is -2.17. The first kappa shape index (κ1) is 15.0. The summed E-state index contributed by atoms with van der Waals surface area (Å²) in [4.78, 5) is 0. The fourth-order valence-electron chi connectivity index (χ4n) is 2.17. The first-order valence-corrected chi connectivity index (χ1v) is 6.70. The van der Waals surface area contributed by atoms with Gasteiger partial charge in [-0.2, -0.15) is 5.26 Å². The van der Waals surface area contributed by atoms with Crippen LogP contribution >= 0.6 is 0 Å².